The highest BCUT2D eigenvalue weighted by Crippen LogP contribution is 2.42. The van der Waals surface area contributed by atoms with E-state index < -0.39 is 11.6 Å². The average molecular weight is 412 g/mol. The summed E-state index contributed by atoms with van der Waals surface area (Å²) in [5.74, 6) is 0. The van der Waals surface area contributed by atoms with E-state index in [4.69, 9.17) is 10.1 Å². The van der Waals surface area contributed by atoms with Crippen molar-refractivity contribution in [3.63, 3.8) is 0 Å². The standard InChI is InChI=1S/C25H24N4O2/c1-2-20-13-14-21-26-22(23(29(21)28-20)18-7-4-3-5-8-18)17-9-11-19(12-10-17)25(15-6-16-25)27-24(30)31/h3-5,7-14,27H,2,6,15-16H2,1H3,(H,30,31). The molecule has 2 heterocycles. The quantitative estimate of drug-likeness (QED) is 0.468. The average Bonchev–Trinajstić information content (AvgIpc) is 3.15. The van der Waals surface area contributed by atoms with Gasteiger partial charge < -0.3 is 10.4 Å². The highest BCUT2D eigenvalue weighted by Gasteiger charge is 2.40. The number of nitrogens with one attached hydrogen (secondary N) is 1. The second-order valence-corrected chi connectivity index (χ2v) is 8.07. The molecule has 2 aromatic carbocycles. The van der Waals surface area contributed by atoms with Crippen LogP contribution in [-0.4, -0.2) is 25.8 Å². The van der Waals surface area contributed by atoms with Crippen LogP contribution in [0.4, 0.5) is 4.79 Å². The molecule has 1 aliphatic carbocycles. The molecule has 0 saturated heterocycles. The first kappa shape index (κ1) is 19.3. The molecule has 0 aliphatic heterocycles. The normalized spacial score (nSPS) is 14.9. The number of imidazole rings is 1. The number of fused-ring (bicyclic) bond motifs is 1. The second-order valence-electron chi connectivity index (χ2n) is 8.07. The van der Waals surface area contributed by atoms with Gasteiger partial charge in [0.15, 0.2) is 5.65 Å². The summed E-state index contributed by atoms with van der Waals surface area (Å²) in [6, 6.07) is 22.3. The number of nitrogens with zero attached hydrogens (tertiary/aromatic N) is 3. The van der Waals surface area contributed by atoms with Crippen molar-refractivity contribution in [3.8, 4) is 22.5 Å². The summed E-state index contributed by atoms with van der Waals surface area (Å²) in [6.07, 6.45) is 2.55. The van der Waals surface area contributed by atoms with Crippen LogP contribution in [0.25, 0.3) is 28.2 Å². The van der Waals surface area contributed by atoms with Crippen LogP contribution in [0.2, 0.25) is 0 Å². The molecular formula is C25H24N4O2. The van der Waals surface area contributed by atoms with Crippen molar-refractivity contribution in [2.24, 2.45) is 0 Å². The molecule has 4 aromatic rings. The van der Waals surface area contributed by atoms with Gasteiger partial charge >= 0.3 is 6.09 Å². The smallest absolute Gasteiger partial charge is 0.405 e. The Labute approximate surface area is 180 Å². The van der Waals surface area contributed by atoms with Crippen LogP contribution >= 0.6 is 0 Å². The number of rotatable bonds is 5. The van der Waals surface area contributed by atoms with Crippen LogP contribution in [0.5, 0.6) is 0 Å². The van der Waals surface area contributed by atoms with Crippen molar-refractivity contribution in [2.45, 2.75) is 38.1 Å². The van der Waals surface area contributed by atoms with Crippen molar-refractivity contribution >= 4 is 11.7 Å². The van der Waals surface area contributed by atoms with Crippen molar-refractivity contribution in [2.75, 3.05) is 0 Å². The molecule has 156 valence electrons. The van der Waals surface area contributed by atoms with E-state index in [2.05, 4.69) is 24.4 Å². The van der Waals surface area contributed by atoms with E-state index in [1.165, 1.54) is 0 Å². The molecule has 0 bridgehead atoms. The van der Waals surface area contributed by atoms with E-state index in [1.54, 1.807) is 0 Å². The summed E-state index contributed by atoms with van der Waals surface area (Å²) < 4.78 is 1.93. The Balaban J connectivity index is 1.62. The molecule has 0 unspecified atom stereocenters. The number of amides is 1. The monoisotopic (exact) mass is 412 g/mol. The Morgan fingerprint density at radius 2 is 1.77 bits per heavy atom. The first-order valence-corrected chi connectivity index (χ1v) is 10.7. The first-order chi connectivity index (χ1) is 15.1. The van der Waals surface area contributed by atoms with Crippen molar-refractivity contribution < 1.29 is 9.90 Å². The van der Waals surface area contributed by atoms with Crippen molar-refractivity contribution in [3.05, 3.63) is 78.0 Å². The number of aromatic nitrogens is 3. The van der Waals surface area contributed by atoms with Crippen LogP contribution in [0.1, 0.15) is 37.4 Å². The summed E-state index contributed by atoms with van der Waals surface area (Å²) in [5, 5.41) is 16.8. The predicted molar refractivity (Wildman–Crippen MR) is 120 cm³/mol. The van der Waals surface area contributed by atoms with Crippen molar-refractivity contribution in [1.82, 2.24) is 19.9 Å². The van der Waals surface area contributed by atoms with Gasteiger partial charge in [-0.2, -0.15) is 5.10 Å². The molecule has 2 aromatic heterocycles. The van der Waals surface area contributed by atoms with Gasteiger partial charge in [-0.3, -0.25) is 0 Å². The number of carbonyl (C=O) groups is 1. The molecule has 1 amide bonds. The van der Waals surface area contributed by atoms with Crippen LogP contribution in [0, 0.1) is 0 Å². The van der Waals surface area contributed by atoms with Crippen molar-refractivity contribution in [1.29, 1.82) is 0 Å². The molecular weight excluding hydrogens is 388 g/mol. The number of hydrogen-bond donors (Lipinski definition) is 2. The van der Waals surface area contributed by atoms with Gasteiger partial charge in [-0.1, -0.05) is 61.5 Å². The largest absolute Gasteiger partial charge is 0.465 e. The minimum absolute atomic E-state index is 0.469. The lowest BCUT2D eigenvalue weighted by Crippen LogP contribution is -2.50. The molecule has 1 aliphatic rings. The zero-order valence-corrected chi connectivity index (χ0v) is 17.4. The lowest BCUT2D eigenvalue weighted by molar-refractivity contribution is 0.144. The molecule has 2 N–H and O–H groups in total. The molecule has 1 fully saturated rings. The van der Waals surface area contributed by atoms with Gasteiger partial charge in [-0.05, 0) is 43.4 Å². The Bertz CT molecular complexity index is 1240. The third-order valence-corrected chi connectivity index (χ3v) is 6.21. The minimum Gasteiger partial charge on any atom is -0.465 e. The van der Waals surface area contributed by atoms with Gasteiger partial charge in [0.1, 0.15) is 5.69 Å². The maximum absolute atomic E-state index is 11.3. The van der Waals surface area contributed by atoms with Gasteiger partial charge in [0, 0.05) is 11.1 Å². The summed E-state index contributed by atoms with van der Waals surface area (Å²) in [6.45, 7) is 2.09. The zero-order chi connectivity index (χ0) is 21.4. The molecule has 0 atom stereocenters. The van der Waals surface area contributed by atoms with Crippen LogP contribution in [0.15, 0.2) is 66.7 Å². The van der Waals surface area contributed by atoms with E-state index >= 15 is 0 Å². The molecule has 0 spiro atoms. The van der Waals surface area contributed by atoms with E-state index in [1.807, 2.05) is 59.1 Å². The predicted octanol–water partition coefficient (Wildman–Crippen LogP) is 5.27. The van der Waals surface area contributed by atoms with Crippen LogP contribution < -0.4 is 5.32 Å². The fourth-order valence-electron chi connectivity index (χ4n) is 4.38. The highest BCUT2D eigenvalue weighted by atomic mass is 16.4. The SMILES string of the molecule is CCc1ccc2nc(-c3ccc(C4(NC(=O)O)CCC4)cc3)c(-c3ccccc3)n2n1. The molecule has 6 heteroatoms. The van der Waals surface area contributed by atoms with Gasteiger partial charge in [-0.25, -0.2) is 14.3 Å². The highest BCUT2D eigenvalue weighted by molar-refractivity contribution is 5.81. The molecule has 6 nitrogen and oxygen atoms in total. The van der Waals surface area contributed by atoms with Gasteiger partial charge in [-0.15, -0.1) is 0 Å². The van der Waals surface area contributed by atoms with E-state index in [-0.39, 0.29) is 0 Å². The fraction of sp³-hybridized carbons (Fsp3) is 0.240. The van der Waals surface area contributed by atoms with Crippen LogP contribution in [0.3, 0.4) is 0 Å². The Kier molecular flexibility index (Phi) is 4.70. The molecule has 5 rings (SSSR count). The van der Waals surface area contributed by atoms with E-state index in [0.29, 0.717) is 0 Å². The van der Waals surface area contributed by atoms with E-state index in [0.717, 1.165) is 65.1 Å². The van der Waals surface area contributed by atoms with Gasteiger partial charge in [0.2, 0.25) is 0 Å². The van der Waals surface area contributed by atoms with Gasteiger partial charge in [0.25, 0.3) is 0 Å². The molecule has 0 radical (unpaired) electrons. The summed E-state index contributed by atoms with van der Waals surface area (Å²) in [4.78, 5) is 16.2. The number of benzene rings is 2. The zero-order valence-electron chi connectivity index (χ0n) is 17.4. The number of hydrogen-bond acceptors (Lipinski definition) is 3. The van der Waals surface area contributed by atoms with E-state index in [9.17, 15) is 9.90 Å². The summed E-state index contributed by atoms with van der Waals surface area (Å²) in [7, 11) is 0. The number of aryl methyl sites for hydroxylation is 1. The van der Waals surface area contributed by atoms with Gasteiger partial charge in [0.05, 0.1) is 16.9 Å². The molecule has 31 heavy (non-hydrogen) atoms. The minimum atomic E-state index is -0.978. The maximum Gasteiger partial charge on any atom is 0.405 e. The topological polar surface area (TPSA) is 79.5 Å². The third kappa shape index (κ3) is 3.34. The van der Waals surface area contributed by atoms with Crippen LogP contribution in [-0.2, 0) is 12.0 Å². The number of carboxylic acid groups (broad SMARTS) is 1. The lowest BCUT2D eigenvalue weighted by atomic mass is 9.72. The Hall–Kier alpha value is -3.67. The maximum atomic E-state index is 11.3. The Morgan fingerprint density at radius 3 is 2.39 bits per heavy atom. The third-order valence-electron chi connectivity index (χ3n) is 6.21. The lowest BCUT2D eigenvalue weighted by Gasteiger charge is -2.42. The molecule has 1 saturated carbocycles. The summed E-state index contributed by atoms with van der Waals surface area (Å²) in [5.41, 5.74) is 6.21. The Morgan fingerprint density at radius 1 is 1.03 bits per heavy atom. The first-order valence-electron chi connectivity index (χ1n) is 10.7. The summed E-state index contributed by atoms with van der Waals surface area (Å²) >= 11 is 0. The fourth-order valence-corrected chi connectivity index (χ4v) is 4.38. The second kappa shape index (κ2) is 7.54.